The van der Waals surface area contributed by atoms with E-state index in [1.807, 2.05) is 18.2 Å². The van der Waals surface area contributed by atoms with Gasteiger partial charge in [-0.15, -0.1) is 0 Å². The lowest BCUT2D eigenvalue weighted by atomic mass is 10.0. The molecule has 2 aromatic rings. The number of aromatic nitrogens is 1. The van der Waals surface area contributed by atoms with Gasteiger partial charge in [0.15, 0.2) is 0 Å². The Morgan fingerprint density at radius 1 is 1.44 bits per heavy atom. The zero-order valence-corrected chi connectivity index (χ0v) is 10.7. The first-order valence-electron chi connectivity index (χ1n) is 6.09. The quantitative estimate of drug-likeness (QED) is 0.813. The molecule has 96 valence electrons. The molecule has 4 heteroatoms. The van der Waals surface area contributed by atoms with Crippen molar-refractivity contribution in [2.24, 2.45) is 5.73 Å². The molecule has 1 atom stereocenters. The SMILES string of the molecule is CC[C@H](N)Cc1ccc2[nH]c(C(=O)OC)cc2c1. The smallest absolute Gasteiger partial charge is 0.354 e. The minimum absolute atomic E-state index is 0.182. The number of benzene rings is 1. The highest BCUT2D eigenvalue weighted by Crippen LogP contribution is 2.18. The number of ether oxygens (including phenoxy) is 1. The van der Waals surface area contributed by atoms with E-state index in [-0.39, 0.29) is 12.0 Å². The number of hydrogen-bond donors (Lipinski definition) is 2. The summed E-state index contributed by atoms with van der Waals surface area (Å²) >= 11 is 0. The van der Waals surface area contributed by atoms with Gasteiger partial charge in [0.25, 0.3) is 0 Å². The van der Waals surface area contributed by atoms with E-state index in [1.54, 1.807) is 0 Å². The fourth-order valence-corrected chi connectivity index (χ4v) is 1.98. The Kier molecular flexibility index (Phi) is 3.67. The zero-order chi connectivity index (χ0) is 13.1. The van der Waals surface area contributed by atoms with Gasteiger partial charge in [-0.2, -0.15) is 0 Å². The second-order valence-electron chi connectivity index (χ2n) is 4.47. The van der Waals surface area contributed by atoms with Gasteiger partial charge in [-0.25, -0.2) is 4.79 Å². The van der Waals surface area contributed by atoms with Crippen LogP contribution in [0.25, 0.3) is 10.9 Å². The van der Waals surface area contributed by atoms with Crippen molar-refractivity contribution in [3.63, 3.8) is 0 Å². The van der Waals surface area contributed by atoms with Crippen molar-refractivity contribution in [2.45, 2.75) is 25.8 Å². The van der Waals surface area contributed by atoms with Crippen LogP contribution in [0.15, 0.2) is 24.3 Å². The van der Waals surface area contributed by atoms with Gasteiger partial charge in [0.1, 0.15) is 5.69 Å². The number of nitrogens with two attached hydrogens (primary N) is 1. The van der Waals surface area contributed by atoms with Crippen LogP contribution < -0.4 is 5.73 Å². The fraction of sp³-hybridized carbons (Fsp3) is 0.357. The van der Waals surface area contributed by atoms with Crippen LogP contribution in [0, 0.1) is 0 Å². The molecule has 0 spiro atoms. The number of fused-ring (bicyclic) bond motifs is 1. The Morgan fingerprint density at radius 3 is 2.89 bits per heavy atom. The zero-order valence-electron chi connectivity index (χ0n) is 10.7. The molecule has 0 aliphatic heterocycles. The van der Waals surface area contributed by atoms with Gasteiger partial charge in [-0.3, -0.25) is 0 Å². The van der Waals surface area contributed by atoms with E-state index in [1.165, 1.54) is 12.7 Å². The molecule has 0 saturated heterocycles. The van der Waals surface area contributed by atoms with E-state index < -0.39 is 0 Å². The normalized spacial score (nSPS) is 12.6. The van der Waals surface area contributed by atoms with Gasteiger partial charge in [0.2, 0.25) is 0 Å². The van der Waals surface area contributed by atoms with Crippen molar-refractivity contribution in [1.29, 1.82) is 0 Å². The highest BCUT2D eigenvalue weighted by atomic mass is 16.5. The lowest BCUT2D eigenvalue weighted by molar-refractivity contribution is 0.0595. The number of rotatable bonds is 4. The number of hydrogen-bond acceptors (Lipinski definition) is 3. The molecular weight excluding hydrogens is 228 g/mol. The predicted molar refractivity (Wildman–Crippen MR) is 71.6 cm³/mol. The molecule has 2 rings (SSSR count). The molecule has 3 N–H and O–H groups in total. The van der Waals surface area contributed by atoms with Gasteiger partial charge in [-0.1, -0.05) is 13.0 Å². The molecule has 0 saturated carbocycles. The maximum absolute atomic E-state index is 11.4. The molecule has 1 heterocycles. The first-order valence-corrected chi connectivity index (χ1v) is 6.09. The molecule has 0 aliphatic carbocycles. The molecular formula is C14H18N2O2. The van der Waals surface area contributed by atoms with Gasteiger partial charge in [0.05, 0.1) is 7.11 Å². The average molecular weight is 246 g/mol. The second-order valence-corrected chi connectivity index (χ2v) is 4.47. The van der Waals surface area contributed by atoms with Crippen LogP contribution in [0.4, 0.5) is 0 Å². The predicted octanol–water partition coefficient (Wildman–Crippen LogP) is 2.23. The number of H-pyrrole nitrogens is 1. The maximum atomic E-state index is 11.4. The van der Waals surface area contributed by atoms with E-state index in [0.717, 1.165) is 23.7 Å². The molecule has 1 aromatic carbocycles. The van der Waals surface area contributed by atoms with Crippen LogP contribution >= 0.6 is 0 Å². The summed E-state index contributed by atoms with van der Waals surface area (Å²) in [6, 6.07) is 8.06. The number of esters is 1. The summed E-state index contributed by atoms with van der Waals surface area (Å²) in [7, 11) is 1.37. The minimum atomic E-state index is -0.349. The van der Waals surface area contributed by atoms with Crippen molar-refractivity contribution in [1.82, 2.24) is 4.98 Å². The summed E-state index contributed by atoms with van der Waals surface area (Å²) in [5, 5.41) is 1.01. The standard InChI is InChI=1S/C14H18N2O2/c1-3-11(15)7-9-4-5-12-10(6-9)8-13(16-12)14(17)18-2/h4-6,8,11,16H,3,7,15H2,1-2H3/t11-/m0/s1. The Labute approximate surface area is 106 Å². The molecule has 0 amide bonds. The Balaban J connectivity index is 2.30. The first kappa shape index (κ1) is 12.6. The maximum Gasteiger partial charge on any atom is 0.354 e. The summed E-state index contributed by atoms with van der Waals surface area (Å²) in [5.74, 6) is -0.349. The summed E-state index contributed by atoms with van der Waals surface area (Å²) in [4.78, 5) is 14.5. The Morgan fingerprint density at radius 2 is 2.22 bits per heavy atom. The number of carbonyl (C=O) groups excluding carboxylic acids is 1. The van der Waals surface area contributed by atoms with Crippen molar-refractivity contribution in [2.75, 3.05) is 7.11 Å². The Bertz CT molecular complexity index is 560. The summed E-state index contributed by atoms with van der Waals surface area (Å²) in [6.45, 7) is 2.08. The third-order valence-corrected chi connectivity index (χ3v) is 3.11. The van der Waals surface area contributed by atoms with Crippen molar-refractivity contribution in [3.8, 4) is 0 Å². The molecule has 0 fully saturated rings. The molecule has 0 radical (unpaired) electrons. The molecule has 0 unspecified atom stereocenters. The third kappa shape index (κ3) is 2.54. The summed E-state index contributed by atoms with van der Waals surface area (Å²) in [5.41, 5.74) is 8.54. The Hall–Kier alpha value is -1.81. The second kappa shape index (κ2) is 5.23. The lowest BCUT2D eigenvalue weighted by Gasteiger charge is -2.08. The number of aromatic amines is 1. The molecule has 18 heavy (non-hydrogen) atoms. The fourth-order valence-electron chi connectivity index (χ4n) is 1.98. The van der Waals surface area contributed by atoms with E-state index in [0.29, 0.717) is 5.69 Å². The van der Waals surface area contributed by atoms with E-state index >= 15 is 0 Å². The first-order chi connectivity index (χ1) is 8.63. The van der Waals surface area contributed by atoms with Crippen molar-refractivity contribution < 1.29 is 9.53 Å². The molecule has 4 nitrogen and oxygen atoms in total. The minimum Gasteiger partial charge on any atom is -0.464 e. The number of carbonyl (C=O) groups is 1. The van der Waals surface area contributed by atoms with Gasteiger partial charge >= 0.3 is 5.97 Å². The number of methoxy groups -OCH3 is 1. The van der Waals surface area contributed by atoms with E-state index in [2.05, 4.69) is 22.7 Å². The van der Waals surface area contributed by atoms with Crippen LogP contribution in [0.2, 0.25) is 0 Å². The van der Waals surface area contributed by atoms with Gasteiger partial charge in [0, 0.05) is 16.9 Å². The van der Waals surface area contributed by atoms with Gasteiger partial charge in [-0.05, 0) is 36.6 Å². The third-order valence-electron chi connectivity index (χ3n) is 3.11. The van der Waals surface area contributed by atoms with E-state index in [4.69, 9.17) is 5.73 Å². The van der Waals surface area contributed by atoms with Crippen LogP contribution in [0.1, 0.15) is 29.4 Å². The van der Waals surface area contributed by atoms with Crippen LogP contribution in [0.3, 0.4) is 0 Å². The average Bonchev–Trinajstić information content (AvgIpc) is 2.80. The van der Waals surface area contributed by atoms with Crippen LogP contribution in [0.5, 0.6) is 0 Å². The molecule has 1 aromatic heterocycles. The molecule has 0 aliphatic rings. The van der Waals surface area contributed by atoms with Crippen LogP contribution in [-0.2, 0) is 11.2 Å². The largest absolute Gasteiger partial charge is 0.464 e. The monoisotopic (exact) mass is 246 g/mol. The summed E-state index contributed by atoms with van der Waals surface area (Å²) < 4.78 is 4.69. The van der Waals surface area contributed by atoms with Gasteiger partial charge < -0.3 is 15.5 Å². The summed E-state index contributed by atoms with van der Waals surface area (Å²) in [6.07, 6.45) is 1.81. The van der Waals surface area contributed by atoms with Crippen LogP contribution in [-0.4, -0.2) is 24.1 Å². The topological polar surface area (TPSA) is 68.1 Å². The lowest BCUT2D eigenvalue weighted by Crippen LogP contribution is -2.21. The number of nitrogens with one attached hydrogen (secondary N) is 1. The highest BCUT2D eigenvalue weighted by Gasteiger charge is 2.10. The van der Waals surface area contributed by atoms with E-state index in [9.17, 15) is 4.79 Å². The van der Waals surface area contributed by atoms with Crippen molar-refractivity contribution in [3.05, 3.63) is 35.5 Å². The van der Waals surface area contributed by atoms with Crippen molar-refractivity contribution >= 4 is 16.9 Å². The molecule has 0 bridgehead atoms. The highest BCUT2D eigenvalue weighted by molar-refractivity contribution is 5.94.